The van der Waals surface area contributed by atoms with E-state index in [0.717, 1.165) is 12.6 Å². The van der Waals surface area contributed by atoms with Crippen LogP contribution >= 0.6 is 7.82 Å². The van der Waals surface area contributed by atoms with Crippen molar-refractivity contribution in [3.63, 3.8) is 0 Å². The first-order chi connectivity index (χ1) is 25.9. The van der Waals surface area contributed by atoms with E-state index in [1.807, 2.05) is 36.6 Å². The number of nitrogens with one attached hydrogen (secondary N) is 2. The molecule has 304 valence electrons. The number of nitrogens with zero attached hydrogens (tertiary/aromatic N) is 4. The number of nitrogens with two attached hydrogens (primary N) is 1. The number of pyridine rings is 1. The summed E-state index contributed by atoms with van der Waals surface area (Å²) in [5.41, 5.74) is 6.90. The Balaban J connectivity index is 1.86. The molecule has 2 aromatic heterocycles. The van der Waals surface area contributed by atoms with E-state index in [0.29, 0.717) is 44.5 Å². The van der Waals surface area contributed by atoms with Crippen molar-refractivity contribution >= 4 is 43.0 Å². The third kappa shape index (κ3) is 14.3. The molecule has 0 spiro atoms. The number of aliphatic hydroxyl groups excluding tert-OH is 1. The number of rotatable bonds is 23. The molecule has 19 heteroatoms. The highest BCUT2D eigenvalue weighted by atomic mass is 31.2. The van der Waals surface area contributed by atoms with E-state index in [-0.39, 0.29) is 31.1 Å². The van der Waals surface area contributed by atoms with Gasteiger partial charge in [-0.25, -0.2) is 9.55 Å². The van der Waals surface area contributed by atoms with E-state index in [9.17, 15) is 48.2 Å². The number of aromatic nitrogens is 3. The van der Waals surface area contributed by atoms with Crippen molar-refractivity contribution in [1.29, 1.82) is 0 Å². The zero-order chi connectivity index (χ0) is 40.9. The van der Waals surface area contributed by atoms with E-state index in [2.05, 4.69) is 25.1 Å². The Hall–Kier alpha value is -4.35. The highest BCUT2D eigenvalue weighted by Gasteiger charge is 2.37. The molecule has 18 nitrogen and oxygen atoms in total. The molecular formula is C36H54N7O11P. The number of hydrogen-bond donors (Lipinski definition) is 6. The van der Waals surface area contributed by atoms with Gasteiger partial charge in [-0.2, -0.15) is 0 Å². The number of ketones is 2. The van der Waals surface area contributed by atoms with Gasteiger partial charge >= 0.3 is 7.82 Å². The minimum Gasteiger partial charge on any atom is -0.394 e. The topological polar surface area (TPSA) is 273 Å². The van der Waals surface area contributed by atoms with Gasteiger partial charge in [0.25, 0.3) is 0 Å². The summed E-state index contributed by atoms with van der Waals surface area (Å²) in [6, 6.07) is 2.32. The average molecular weight is 792 g/mol. The van der Waals surface area contributed by atoms with Crippen LogP contribution in [0.2, 0.25) is 0 Å². The van der Waals surface area contributed by atoms with Crippen molar-refractivity contribution in [3.05, 3.63) is 48.3 Å². The highest BCUT2D eigenvalue weighted by molar-refractivity contribution is 7.46. The number of imidazole rings is 1. The minimum atomic E-state index is -5.06. The van der Waals surface area contributed by atoms with Crippen LogP contribution in [-0.4, -0.2) is 107 Å². The first kappa shape index (κ1) is 45.0. The lowest BCUT2D eigenvalue weighted by Crippen LogP contribution is -2.52. The van der Waals surface area contributed by atoms with Crippen LogP contribution in [0.1, 0.15) is 77.6 Å². The second-order valence-electron chi connectivity index (χ2n) is 14.4. The average Bonchev–Trinajstić information content (AvgIpc) is 3.78. The highest BCUT2D eigenvalue weighted by Crippen LogP contribution is 2.39. The third-order valence-corrected chi connectivity index (χ3v) is 10.2. The van der Waals surface area contributed by atoms with Crippen LogP contribution in [0.15, 0.2) is 36.9 Å². The van der Waals surface area contributed by atoms with Crippen LogP contribution in [0.25, 0.3) is 0 Å². The number of Topliss-reactive ketones (excluding diaryl/α,β-unsaturated/α-hetero) is 2. The van der Waals surface area contributed by atoms with Crippen molar-refractivity contribution in [2.75, 3.05) is 13.2 Å². The molecule has 7 N–H and O–H groups in total. The number of likely N-dealkylation sites (tertiary alicyclic amines) is 1. The molecule has 0 aliphatic carbocycles. The lowest BCUT2D eigenvalue weighted by atomic mass is 9.89. The molecule has 1 fully saturated rings. The molecule has 1 saturated heterocycles. The summed E-state index contributed by atoms with van der Waals surface area (Å²) in [6.45, 7) is 6.30. The molecule has 6 atom stereocenters. The number of hydrogen-bond acceptors (Lipinski definition) is 11. The lowest BCUT2D eigenvalue weighted by molar-refractivity contribution is -0.138. The van der Waals surface area contributed by atoms with Crippen molar-refractivity contribution in [1.82, 2.24) is 30.1 Å². The largest absolute Gasteiger partial charge is 0.469 e. The maximum atomic E-state index is 14.1. The van der Waals surface area contributed by atoms with Crippen LogP contribution in [0.5, 0.6) is 0 Å². The Morgan fingerprint density at radius 2 is 1.76 bits per heavy atom. The molecule has 2 aromatic rings. The molecule has 1 aliphatic heterocycles. The number of phosphoric acid groups is 1. The fourth-order valence-electron chi connectivity index (χ4n) is 6.68. The van der Waals surface area contributed by atoms with E-state index in [4.69, 9.17) is 5.73 Å². The smallest absolute Gasteiger partial charge is 0.394 e. The molecular weight excluding hydrogens is 737 g/mol. The monoisotopic (exact) mass is 791 g/mol. The molecule has 0 unspecified atom stereocenters. The molecule has 3 heterocycles. The fourth-order valence-corrected chi connectivity index (χ4v) is 7.26. The zero-order valence-corrected chi connectivity index (χ0v) is 32.6. The van der Waals surface area contributed by atoms with Gasteiger partial charge in [-0.15, -0.1) is 0 Å². The van der Waals surface area contributed by atoms with Gasteiger partial charge in [0.05, 0.1) is 36.9 Å². The quantitative estimate of drug-likeness (QED) is 0.0843. The number of carbonyl (C=O) groups is 6. The molecule has 4 amide bonds. The first-order valence-corrected chi connectivity index (χ1v) is 19.9. The summed E-state index contributed by atoms with van der Waals surface area (Å²) in [4.78, 5) is 107. The maximum Gasteiger partial charge on any atom is 0.469 e. The Morgan fingerprint density at radius 3 is 2.36 bits per heavy atom. The Kier molecular flexibility index (Phi) is 17.3. The van der Waals surface area contributed by atoms with Crippen LogP contribution in [-0.2, 0) is 57.2 Å². The number of phosphoric ester groups is 1. The zero-order valence-electron chi connectivity index (χ0n) is 31.7. The van der Waals surface area contributed by atoms with Gasteiger partial charge in [0.2, 0.25) is 23.6 Å². The second-order valence-corrected chi connectivity index (χ2v) is 15.6. The van der Waals surface area contributed by atoms with E-state index < -0.39 is 86.2 Å². The van der Waals surface area contributed by atoms with Crippen molar-refractivity contribution in [3.8, 4) is 0 Å². The predicted octanol–water partition coefficient (Wildman–Crippen LogP) is 0.606. The number of primary amides is 1. The normalized spacial score (nSPS) is 17.2. The summed E-state index contributed by atoms with van der Waals surface area (Å²) in [5.74, 6) is -6.62. The van der Waals surface area contributed by atoms with Crippen molar-refractivity contribution < 1.29 is 52.7 Å². The molecule has 0 radical (unpaired) electrons. The third-order valence-electron chi connectivity index (χ3n) is 9.55. The lowest BCUT2D eigenvalue weighted by Gasteiger charge is -2.27. The summed E-state index contributed by atoms with van der Waals surface area (Å²) < 4.78 is 17.8. The number of aryl methyl sites for hydroxylation is 2. The summed E-state index contributed by atoms with van der Waals surface area (Å²) in [5, 5.41) is 15.5. The minimum absolute atomic E-state index is 0.0202. The maximum absolute atomic E-state index is 14.1. The Morgan fingerprint density at radius 1 is 1.05 bits per heavy atom. The molecule has 0 bridgehead atoms. The molecule has 55 heavy (non-hydrogen) atoms. The first-order valence-electron chi connectivity index (χ1n) is 18.4. The van der Waals surface area contributed by atoms with Crippen LogP contribution in [0.3, 0.4) is 0 Å². The molecule has 1 aliphatic rings. The van der Waals surface area contributed by atoms with Crippen molar-refractivity contribution in [2.45, 2.75) is 110 Å². The van der Waals surface area contributed by atoms with Gasteiger partial charge in [-0.05, 0) is 57.1 Å². The number of carbonyl (C=O) groups excluding carboxylic acids is 6. The molecule has 0 aromatic carbocycles. The van der Waals surface area contributed by atoms with Gasteiger partial charge in [-0.1, -0.05) is 19.9 Å². The standard InChI is InChI=1S/C36H54N7O11P/c1-22(2)15-29(40-36(50)31-11-8-14-43(31)24(4)45)32(46)17-25(16-27-19-38-21-42(27)13-7-10-26-9-5-6-12-39-26)35(49)41-30(20-44)33(47)18-28(34(37)48)23(3)54-55(51,52)53/h5-6,9,12,19,21-23,25,28-31,44H,7-8,10-11,13-18,20H2,1-4H3,(H2,37,48)(H,40,50)(H,41,49)(H2,51,52,53)/t23-,25-,28+,29+,30+,31+/m1/s1. The van der Waals surface area contributed by atoms with E-state index in [1.165, 1.54) is 11.8 Å². The second kappa shape index (κ2) is 21.1. The SMILES string of the molecule is CC(=O)N1CCC[C@H]1C(=O)N[C@@H](CC(C)C)C(=O)C[C@@H](Cc1cncn1CCCc1ccccn1)C(=O)N[C@@H](CO)C(=O)C[C@H](C(N)=O)[C@@H](C)OP(=O)(O)O. The number of aliphatic hydroxyl groups is 1. The van der Waals surface area contributed by atoms with E-state index in [1.54, 1.807) is 18.7 Å². The van der Waals surface area contributed by atoms with Gasteiger partial charge in [0.1, 0.15) is 12.1 Å². The van der Waals surface area contributed by atoms with Gasteiger partial charge in [0.15, 0.2) is 11.6 Å². The van der Waals surface area contributed by atoms with Crippen molar-refractivity contribution in [2.24, 2.45) is 23.5 Å². The van der Waals surface area contributed by atoms with Crippen LogP contribution in [0.4, 0.5) is 0 Å². The van der Waals surface area contributed by atoms with E-state index >= 15 is 0 Å². The van der Waals surface area contributed by atoms with Gasteiger partial charge in [0, 0.05) is 63.1 Å². The van der Waals surface area contributed by atoms with Gasteiger partial charge in [-0.3, -0.25) is 38.3 Å². The molecule has 0 saturated carbocycles. The number of amides is 4. The predicted molar refractivity (Wildman–Crippen MR) is 197 cm³/mol. The fraction of sp³-hybridized carbons (Fsp3) is 0.611. The van der Waals surface area contributed by atoms with Crippen LogP contribution in [0, 0.1) is 17.8 Å². The van der Waals surface area contributed by atoms with Crippen LogP contribution < -0.4 is 16.4 Å². The summed E-state index contributed by atoms with van der Waals surface area (Å²) in [7, 11) is -5.06. The van der Waals surface area contributed by atoms with Gasteiger partial charge < -0.3 is 40.7 Å². The Labute approximate surface area is 320 Å². The summed E-state index contributed by atoms with van der Waals surface area (Å²) in [6.07, 6.45) is 4.93. The summed E-state index contributed by atoms with van der Waals surface area (Å²) >= 11 is 0. The Bertz CT molecular complexity index is 1680. The molecule has 3 rings (SSSR count).